The second-order valence-electron chi connectivity index (χ2n) is 6.02. The molecule has 0 fully saturated rings. The number of carbonyl (C=O) groups is 1. The number of aryl methyl sites for hydroxylation is 1. The second-order valence-corrected chi connectivity index (χ2v) is 6.02. The fraction of sp³-hybridized carbons (Fsp3) is 0.250. The van der Waals surface area contributed by atoms with Crippen molar-refractivity contribution < 1.29 is 9.53 Å². The van der Waals surface area contributed by atoms with Crippen molar-refractivity contribution in [1.29, 1.82) is 0 Å². The van der Waals surface area contributed by atoms with E-state index in [1.54, 1.807) is 12.3 Å². The van der Waals surface area contributed by atoms with E-state index in [9.17, 15) is 4.79 Å². The summed E-state index contributed by atoms with van der Waals surface area (Å²) in [6.45, 7) is 4.33. The number of carbonyl (C=O) groups excluding carboxylic acids is 1. The van der Waals surface area contributed by atoms with E-state index in [0.717, 1.165) is 29.1 Å². The summed E-state index contributed by atoms with van der Waals surface area (Å²) < 4.78 is 5.66. The Morgan fingerprint density at radius 3 is 2.77 bits per heavy atom. The standard InChI is InChI=1S/C20H22N4O2/c1-3-17(19-14(2)8-7-11-21-19)22-20(25)18-12-15(23-24-18)13-26-16-9-5-4-6-10-16/h4-12,17H,3,13H2,1-2H3,(H,22,25)(H,23,24)/t17-/m1/s1. The van der Waals surface area contributed by atoms with E-state index in [2.05, 4.69) is 20.5 Å². The van der Waals surface area contributed by atoms with E-state index in [4.69, 9.17) is 4.74 Å². The lowest BCUT2D eigenvalue weighted by Crippen LogP contribution is -2.29. The Balaban J connectivity index is 1.63. The third kappa shape index (κ3) is 4.27. The first-order valence-corrected chi connectivity index (χ1v) is 8.62. The molecule has 3 rings (SSSR count). The van der Waals surface area contributed by atoms with Crippen molar-refractivity contribution in [3.8, 4) is 5.75 Å². The third-order valence-corrected chi connectivity index (χ3v) is 4.09. The number of benzene rings is 1. The van der Waals surface area contributed by atoms with Crippen LogP contribution in [0.1, 0.15) is 46.8 Å². The number of aromatic nitrogens is 3. The van der Waals surface area contributed by atoms with Gasteiger partial charge in [-0.25, -0.2) is 0 Å². The number of H-pyrrole nitrogens is 1. The zero-order chi connectivity index (χ0) is 18.4. The number of aromatic amines is 1. The molecule has 2 N–H and O–H groups in total. The van der Waals surface area contributed by atoms with E-state index < -0.39 is 0 Å². The molecule has 0 aliphatic heterocycles. The van der Waals surface area contributed by atoms with Gasteiger partial charge in [-0.3, -0.25) is 14.9 Å². The molecule has 3 aromatic rings. The largest absolute Gasteiger partial charge is 0.487 e. The highest BCUT2D eigenvalue weighted by molar-refractivity contribution is 5.92. The topological polar surface area (TPSA) is 79.9 Å². The molecule has 1 aromatic carbocycles. The Kier molecular flexibility index (Phi) is 5.63. The number of hydrogen-bond acceptors (Lipinski definition) is 4. The van der Waals surface area contributed by atoms with Gasteiger partial charge in [-0.05, 0) is 43.2 Å². The summed E-state index contributed by atoms with van der Waals surface area (Å²) in [5.41, 5.74) is 3.01. The fourth-order valence-corrected chi connectivity index (χ4v) is 2.69. The summed E-state index contributed by atoms with van der Waals surface area (Å²) in [6, 6.07) is 14.9. The molecule has 1 atom stereocenters. The normalized spacial score (nSPS) is 11.8. The van der Waals surface area contributed by atoms with E-state index in [1.165, 1.54) is 0 Å². The van der Waals surface area contributed by atoms with Crippen LogP contribution in [0, 0.1) is 6.92 Å². The van der Waals surface area contributed by atoms with E-state index in [-0.39, 0.29) is 11.9 Å². The van der Waals surface area contributed by atoms with Crippen LogP contribution < -0.4 is 10.1 Å². The van der Waals surface area contributed by atoms with Gasteiger partial charge in [0.15, 0.2) is 0 Å². The predicted molar refractivity (Wildman–Crippen MR) is 98.8 cm³/mol. The van der Waals surface area contributed by atoms with Crippen molar-refractivity contribution >= 4 is 5.91 Å². The molecule has 134 valence electrons. The molecule has 0 unspecified atom stereocenters. The molecule has 0 saturated heterocycles. The van der Waals surface area contributed by atoms with Gasteiger partial charge in [-0.2, -0.15) is 5.10 Å². The average molecular weight is 350 g/mol. The van der Waals surface area contributed by atoms with Crippen LogP contribution in [0.2, 0.25) is 0 Å². The van der Waals surface area contributed by atoms with Gasteiger partial charge in [-0.15, -0.1) is 0 Å². The fourth-order valence-electron chi connectivity index (χ4n) is 2.69. The van der Waals surface area contributed by atoms with Crippen LogP contribution >= 0.6 is 0 Å². The average Bonchev–Trinajstić information content (AvgIpc) is 3.15. The highest BCUT2D eigenvalue weighted by atomic mass is 16.5. The first-order chi connectivity index (χ1) is 12.7. The second kappa shape index (κ2) is 8.29. The number of hydrogen-bond donors (Lipinski definition) is 2. The predicted octanol–water partition coefficient (Wildman–Crippen LogP) is 3.57. The highest BCUT2D eigenvalue weighted by Crippen LogP contribution is 2.18. The zero-order valence-corrected chi connectivity index (χ0v) is 14.9. The molecular formula is C20H22N4O2. The summed E-state index contributed by atoms with van der Waals surface area (Å²) in [5.74, 6) is 0.536. The lowest BCUT2D eigenvalue weighted by Gasteiger charge is -2.17. The van der Waals surface area contributed by atoms with Gasteiger partial charge < -0.3 is 10.1 Å². The molecule has 6 nitrogen and oxygen atoms in total. The molecule has 0 saturated carbocycles. The Bertz CT molecular complexity index is 861. The van der Waals surface area contributed by atoms with Crippen LogP contribution in [-0.4, -0.2) is 21.1 Å². The van der Waals surface area contributed by atoms with Gasteiger partial charge >= 0.3 is 0 Å². The Labute approximate surface area is 152 Å². The Hall–Kier alpha value is -3.15. The number of nitrogens with one attached hydrogen (secondary N) is 2. The minimum Gasteiger partial charge on any atom is -0.487 e. The van der Waals surface area contributed by atoms with Crippen LogP contribution in [0.3, 0.4) is 0 Å². The molecule has 0 spiro atoms. The first-order valence-electron chi connectivity index (χ1n) is 8.62. The van der Waals surface area contributed by atoms with Gasteiger partial charge in [0.1, 0.15) is 18.1 Å². The number of amides is 1. The van der Waals surface area contributed by atoms with Crippen LogP contribution in [-0.2, 0) is 6.61 Å². The van der Waals surface area contributed by atoms with Gasteiger partial charge in [0.2, 0.25) is 0 Å². The summed E-state index contributed by atoms with van der Waals surface area (Å²) in [5, 5.41) is 9.94. The van der Waals surface area contributed by atoms with Crippen molar-refractivity contribution in [3.05, 3.63) is 77.4 Å². The maximum atomic E-state index is 12.5. The van der Waals surface area contributed by atoms with Crippen molar-refractivity contribution in [2.75, 3.05) is 0 Å². The van der Waals surface area contributed by atoms with Crippen molar-refractivity contribution in [3.63, 3.8) is 0 Å². The van der Waals surface area contributed by atoms with Crippen molar-refractivity contribution in [1.82, 2.24) is 20.5 Å². The molecule has 2 aromatic heterocycles. The molecule has 0 bridgehead atoms. The molecule has 2 heterocycles. The van der Waals surface area contributed by atoms with E-state index >= 15 is 0 Å². The van der Waals surface area contributed by atoms with Gasteiger partial charge in [0.25, 0.3) is 5.91 Å². The van der Waals surface area contributed by atoms with Crippen molar-refractivity contribution in [2.24, 2.45) is 0 Å². The maximum Gasteiger partial charge on any atom is 0.272 e. The third-order valence-electron chi connectivity index (χ3n) is 4.09. The van der Waals surface area contributed by atoms with Crippen LogP contribution in [0.15, 0.2) is 54.7 Å². The lowest BCUT2D eigenvalue weighted by molar-refractivity contribution is 0.0929. The molecule has 26 heavy (non-hydrogen) atoms. The first kappa shape index (κ1) is 17.7. The summed E-state index contributed by atoms with van der Waals surface area (Å²) in [7, 11) is 0. The van der Waals surface area contributed by atoms with Gasteiger partial charge in [-0.1, -0.05) is 31.2 Å². The number of pyridine rings is 1. The zero-order valence-electron chi connectivity index (χ0n) is 14.9. The summed E-state index contributed by atoms with van der Waals surface area (Å²) in [4.78, 5) is 16.9. The molecule has 0 aliphatic carbocycles. The van der Waals surface area contributed by atoms with Crippen LogP contribution in [0.5, 0.6) is 5.75 Å². The van der Waals surface area contributed by atoms with E-state index in [1.807, 2.05) is 56.3 Å². The highest BCUT2D eigenvalue weighted by Gasteiger charge is 2.18. The quantitative estimate of drug-likeness (QED) is 0.683. The van der Waals surface area contributed by atoms with Gasteiger partial charge in [0.05, 0.1) is 17.4 Å². The van der Waals surface area contributed by atoms with Gasteiger partial charge in [0, 0.05) is 6.20 Å². The number of nitrogens with zero attached hydrogens (tertiary/aromatic N) is 2. The molecule has 6 heteroatoms. The monoisotopic (exact) mass is 350 g/mol. The SMILES string of the molecule is CC[C@@H](NC(=O)c1cc(COc2ccccc2)[nH]n1)c1ncccc1C. The molecule has 0 radical (unpaired) electrons. The molecule has 1 amide bonds. The summed E-state index contributed by atoms with van der Waals surface area (Å²) in [6.07, 6.45) is 2.49. The molecule has 0 aliphatic rings. The van der Waals surface area contributed by atoms with Crippen molar-refractivity contribution in [2.45, 2.75) is 32.9 Å². The number of ether oxygens (including phenoxy) is 1. The Morgan fingerprint density at radius 1 is 1.23 bits per heavy atom. The van der Waals surface area contributed by atoms with Crippen LogP contribution in [0.4, 0.5) is 0 Å². The number of para-hydroxylation sites is 1. The minimum atomic E-state index is -0.232. The summed E-state index contributed by atoms with van der Waals surface area (Å²) >= 11 is 0. The lowest BCUT2D eigenvalue weighted by atomic mass is 10.1. The van der Waals surface area contributed by atoms with Crippen LogP contribution in [0.25, 0.3) is 0 Å². The number of rotatable bonds is 7. The molecular weight excluding hydrogens is 328 g/mol. The van der Waals surface area contributed by atoms with E-state index in [0.29, 0.717) is 12.3 Å². The Morgan fingerprint density at radius 2 is 2.04 bits per heavy atom. The minimum absolute atomic E-state index is 0.149. The smallest absolute Gasteiger partial charge is 0.272 e. The maximum absolute atomic E-state index is 12.5.